The number of hydrogen-bond donors (Lipinski definition) is 0. The van der Waals surface area contributed by atoms with Crippen LogP contribution in [0.25, 0.3) is 38.6 Å². The van der Waals surface area contributed by atoms with Crippen LogP contribution in [0.15, 0.2) is 48.7 Å². The van der Waals surface area contributed by atoms with Gasteiger partial charge in [0.15, 0.2) is 5.82 Å². The van der Waals surface area contributed by atoms with Crippen LogP contribution >= 0.6 is 0 Å². The number of aryl methyl sites for hydroxylation is 1. The van der Waals surface area contributed by atoms with Crippen molar-refractivity contribution in [3.05, 3.63) is 65.9 Å². The lowest BCUT2D eigenvalue weighted by Gasteiger charge is -2.25. The first-order valence-corrected chi connectivity index (χ1v) is 10.2. The maximum Gasteiger partial charge on any atom is 0.151 e. The summed E-state index contributed by atoms with van der Waals surface area (Å²) in [5.74, 6) is -0.646. The van der Waals surface area contributed by atoms with Gasteiger partial charge in [-0.25, -0.2) is 13.8 Å². The van der Waals surface area contributed by atoms with Gasteiger partial charge in [-0.2, -0.15) is 5.10 Å². The normalized spacial score (nSPS) is 15.1. The van der Waals surface area contributed by atoms with Gasteiger partial charge in [-0.05, 0) is 48.9 Å². The van der Waals surface area contributed by atoms with Crippen molar-refractivity contribution in [3.63, 3.8) is 0 Å². The molecule has 1 aliphatic heterocycles. The lowest BCUT2D eigenvalue weighted by molar-refractivity contribution is 0.319. The molecule has 2 aromatic carbocycles. The second-order valence-electron chi connectivity index (χ2n) is 7.79. The van der Waals surface area contributed by atoms with Crippen molar-refractivity contribution in [1.29, 1.82) is 0 Å². The molecule has 1 aliphatic rings. The van der Waals surface area contributed by atoms with E-state index in [1.165, 1.54) is 12.1 Å². The van der Waals surface area contributed by atoms with Gasteiger partial charge in [0, 0.05) is 48.2 Å². The van der Waals surface area contributed by atoms with Crippen LogP contribution in [0.2, 0.25) is 0 Å². The molecule has 2 aromatic heterocycles. The molecule has 4 aromatic rings. The van der Waals surface area contributed by atoms with Crippen LogP contribution in [0.1, 0.15) is 18.9 Å². The highest BCUT2D eigenvalue weighted by Gasteiger charge is 2.17. The average molecular weight is 404 g/mol. The summed E-state index contributed by atoms with van der Waals surface area (Å²) in [7, 11) is 1.77. The van der Waals surface area contributed by atoms with E-state index in [2.05, 4.69) is 23.0 Å². The molecule has 30 heavy (non-hydrogen) atoms. The Morgan fingerprint density at radius 1 is 1.03 bits per heavy atom. The summed E-state index contributed by atoms with van der Waals surface area (Å²) in [6.45, 7) is 4.94. The zero-order valence-electron chi connectivity index (χ0n) is 17.0. The van der Waals surface area contributed by atoms with Crippen LogP contribution in [0.4, 0.5) is 8.78 Å². The lowest BCUT2D eigenvalue weighted by Crippen LogP contribution is -2.28. The van der Waals surface area contributed by atoms with Gasteiger partial charge in [0.05, 0.1) is 11.2 Å². The number of halogens is 2. The van der Waals surface area contributed by atoms with Crippen molar-refractivity contribution in [2.24, 2.45) is 7.05 Å². The molecule has 0 bridgehead atoms. The monoisotopic (exact) mass is 404 g/mol. The molecular weight excluding hydrogens is 382 g/mol. The van der Waals surface area contributed by atoms with Crippen molar-refractivity contribution in [2.45, 2.75) is 13.3 Å². The Kier molecular flexibility index (Phi) is 4.59. The molecule has 6 heteroatoms. The van der Waals surface area contributed by atoms with Crippen LogP contribution in [0.5, 0.6) is 0 Å². The van der Waals surface area contributed by atoms with Crippen LogP contribution in [0, 0.1) is 11.6 Å². The summed E-state index contributed by atoms with van der Waals surface area (Å²) < 4.78 is 30.5. The number of hydrogen-bond acceptors (Lipinski definition) is 3. The van der Waals surface area contributed by atoms with Gasteiger partial charge in [0.1, 0.15) is 11.3 Å². The Morgan fingerprint density at radius 3 is 2.67 bits per heavy atom. The van der Waals surface area contributed by atoms with E-state index in [-0.39, 0.29) is 11.6 Å². The van der Waals surface area contributed by atoms with Gasteiger partial charge < -0.3 is 0 Å². The van der Waals surface area contributed by atoms with Gasteiger partial charge in [-0.3, -0.25) is 9.58 Å². The molecule has 0 aliphatic carbocycles. The second-order valence-corrected chi connectivity index (χ2v) is 7.79. The van der Waals surface area contributed by atoms with E-state index < -0.39 is 0 Å². The molecule has 0 fully saturated rings. The molecule has 0 unspecified atom stereocenters. The molecule has 3 heterocycles. The Hall–Kier alpha value is -3.12. The summed E-state index contributed by atoms with van der Waals surface area (Å²) in [5, 5.41) is 5.63. The number of nitrogens with zero attached hydrogens (tertiary/aromatic N) is 4. The predicted octanol–water partition coefficient (Wildman–Crippen LogP) is 5.18. The largest absolute Gasteiger partial charge is 0.300 e. The highest BCUT2D eigenvalue weighted by atomic mass is 19.1. The Bertz CT molecular complexity index is 1310. The van der Waals surface area contributed by atoms with Gasteiger partial charge >= 0.3 is 0 Å². The summed E-state index contributed by atoms with van der Waals surface area (Å²) in [6.07, 6.45) is 4.81. The van der Waals surface area contributed by atoms with Crippen LogP contribution in [-0.4, -0.2) is 39.3 Å². The number of pyridine rings is 1. The molecule has 0 saturated heterocycles. The van der Waals surface area contributed by atoms with E-state index in [4.69, 9.17) is 4.98 Å². The highest BCUT2D eigenvalue weighted by Crippen LogP contribution is 2.32. The number of likely N-dealkylation sites (N-methyl/N-ethyl adjacent to an activating group) is 1. The molecular formula is C24H22F2N4. The van der Waals surface area contributed by atoms with E-state index in [0.29, 0.717) is 16.8 Å². The Balaban J connectivity index is 1.65. The molecule has 152 valence electrons. The zero-order valence-corrected chi connectivity index (χ0v) is 17.0. The summed E-state index contributed by atoms with van der Waals surface area (Å²) in [6, 6.07) is 10.1. The van der Waals surface area contributed by atoms with E-state index in [1.807, 2.05) is 18.2 Å². The summed E-state index contributed by atoms with van der Waals surface area (Å²) in [4.78, 5) is 7.18. The first-order chi connectivity index (χ1) is 14.5. The van der Waals surface area contributed by atoms with Gasteiger partial charge in [0.2, 0.25) is 0 Å². The maximum atomic E-state index is 14.6. The summed E-state index contributed by atoms with van der Waals surface area (Å²) >= 11 is 0. The summed E-state index contributed by atoms with van der Waals surface area (Å²) in [5.41, 5.74) is 4.37. The minimum Gasteiger partial charge on any atom is -0.300 e. The molecule has 0 saturated carbocycles. The van der Waals surface area contributed by atoms with Crippen molar-refractivity contribution in [2.75, 3.05) is 19.6 Å². The van der Waals surface area contributed by atoms with Crippen molar-refractivity contribution < 1.29 is 8.78 Å². The Labute approximate surface area is 173 Å². The van der Waals surface area contributed by atoms with Gasteiger partial charge in [-0.15, -0.1) is 0 Å². The standard InChI is InChI=1S/C24H22F2N4/c1-3-30-8-6-15(7-9-30)20-13-19(25)11-16-4-5-22(27-23(16)20)17-10-18-14-29(2)28-24(18)21(26)12-17/h4-6,10-14H,3,7-9H2,1-2H3. The minimum absolute atomic E-state index is 0.270. The molecule has 0 spiro atoms. The van der Waals surface area contributed by atoms with E-state index >= 15 is 0 Å². The van der Waals surface area contributed by atoms with Crippen LogP contribution in [0.3, 0.4) is 0 Å². The fourth-order valence-electron chi connectivity index (χ4n) is 4.21. The quantitative estimate of drug-likeness (QED) is 0.472. The molecule has 5 rings (SSSR count). The fourth-order valence-corrected chi connectivity index (χ4v) is 4.21. The topological polar surface area (TPSA) is 34.0 Å². The third-order valence-corrected chi connectivity index (χ3v) is 5.82. The molecule has 4 nitrogen and oxygen atoms in total. The second kappa shape index (κ2) is 7.29. The van der Waals surface area contributed by atoms with Gasteiger partial charge in [-0.1, -0.05) is 19.1 Å². The van der Waals surface area contributed by atoms with Gasteiger partial charge in [0.25, 0.3) is 0 Å². The minimum atomic E-state index is -0.376. The van der Waals surface area contributed by atoms with Crippen molar-refractivity contribution in [3.8, 4) is 11.3 Å². The van der Waals surface area contributed by atoms with Crippen molar-refractivity contribution >= 4 is 27.4 Å². The van der Waals surface area contributed by atoms with E-state index in [1.54, 1.807) is 24.0 Å². The number of benzene rings is 2. The number of aromatic nitrogens is 3. The number of fused-ring (bicyclic) bond motifs is 2. The fraction of sp³-hybridized carbons (Fsp3) is 0.250. The molecule has 0 radical (unpaired) electrons. The average Bonchev–Trinajstić information content (AvgIpc) is 3.14. The van der Waals surface area contributed by atoms with E-state index in [9.17, 15) is 8.78 Å². The predicted molar refractivity (Wildman–Crippen MR) is 116 cm³/mol. The first-order valence-electron chi connectivity index (χ1n) is 10.2. The zero-order chi connectivity index (χ0) is 20.8. The number of rotatable bonds is 3. The highest BCUT2D eigenvalue weighted by molar-refractivity contribution is 5.93. The first kappa shape index (κ1) is 18.9. The molecule has 0 N–H and O–H groups in total. The maximum absolute atomic E-state index is 14.6. The smallest absolute Gasteiger partial charge is 0.151 e. The molecule has 0 atom stereocenters. The Morgan fingerprint density at radius 2 is 1.90 bits per heavy atom. The van der Waals surface area contributed by atoms with E-state index in [0.717, 1.165) is 53.5 Å². The third kappa shape index (κ3) is 3.27. The van der Waals surface area contributed by atoms with Crippen LogP contribution < -0.4 is 0 Å². The molecule has 0 amide bonds. The van der Waals surface area contributed by atoms with Crippen LogP contribution in [-0.2, 0) is 7.05 Å². The third-order valence-electron chi connectivity index (χ3n) is 5.82. The lowest BCUT2D eigenvalue weighted by atomic mass is 9.96. The SMILES string of the molecule is CCN1CC=C(c2cc(F)cc3ccc(-c4cc(F)c5nn(C)cc5c4)nc23)CC1. The van der Waals surface area contributed by atoms with Crippen molar-refractivity contribution in [1.82, 2.24) is 19.7 Å².